The standard InChI is InChI=1S/C20H19N5O4S/c1-2-3-12-30-20-22-19(26)18-14-6-4-5-7-15(14)21-16(24(18)23-20)10-8-13-9-11-17(29-13)25(27)28/h4-11,16H,2-3,12H2,1H3,(H,22,23,26)/b10-8+/t16-/m1/s1. The molecule has 0 unspecified atom stereocenters. The number of amidine groups is 1. The molecular weight excluding hydrogens is 406 g/mol. The second-order valence-electron chi connectivity index (χ2n) is 6.61. The maximum atomic E-state index is 12.9. The third kappa shape index (κ3) is 3.99. The molecule has 0 radical (unpaired) electrons. The summed E-state index contributed by atoms with van der Waals surface area (Å²) in [6.45, 7) is 2.11. The Bertz CT molecular complexity index is 1170. The van der Waals surface area contributed by atoms with Crippen LogP contribution in [0, 0.1) is 10.1 Å². The van der Waals surface area contributed by atoms with Gasteiger partial charge in [0.25, 0.3) is 5.91 Å². The van der Waals surface area contributed by atoms with Gasteiger partial charge in [0.15, 0.2) is 11.3 Å². The van der Waals surface area contributed by atoms with Crippen molar-refractivity contribution in [2.24, 2.45) is 10.1 Å². The first kappa shape index (κ1) is 19.9. The van der Waals surface area contributed by atoms with Gasteiger partial charge in [-0.25, -0.2) is 5.01 Å². The number of amides is 1. The van der Waals surface area contributed by atoms with E-state index >= 15 is 0 Å². The average molecular weight is 425 g/mol. The van der Waals surface area contributed by atoms with Crippen LogP contribution in [0.4, 0.5) is 5.88 Å². The van der Waals surface area contributed by atoms with Crippen LogP contribution in [0.3, 0.4) is 0 Å². The van der Waals surface area contributed by atoms with Crippen molar-refractivity contribution in [3.63, 3.8) is 0 Å². The van der Waals surface area contributed by atoms with E-state index in [1.807, 2.05) is 24.3 Å². The molecule has 0 fully saturated rings. The van der Waals surface area contributed by atoms with Crippen LogP contribution in [0.5, 0.6) is 0 Å². The molecule has 10 heteroatoms. The van der Waals surface area contributed by atoms with E-state index in [-0.39, 0.29) is 11.8 Å². The molecule has 1 N–H and O–H groups in total. The van der Waals surface area contributed by atoms with Gasteiger partial charge in [0, 0.05) is 11.0 Å². The van der Waals surface area contributed by atoms with Gasteiger partial charge >= 0.3 is 5.88 Å². The first-order valence-electron chi connectivity index (χ1n) is 9.48. The highest BCUT2D eigenvalue weighted by molar-refractivity contribution is 8.13. The number of nitrogens with zero attached hydrogens (tertiary/aromatic N) is 4. The van der Waals surface area contributed by atoms with Gasteiger partial charge in [-0.3, -0.25) is 25.2 Å². The molecule has 30 heavy (non-hydrogen) atoms. The largest absolute Gasteiger partial charge is 0.433 e. The van der Waals surface area contributed by atoms with Gasteiger partial charge < -0.3 is 4.42 Å². The van der Waals surface area contributed by atoms with Crippen LogP contribution >= 0.6 is 11.8 Å². The number of carbonyl (C=O) groups excluding carboxylic acids is 1. The van der Waals surface area contributed by atoms with Crippen molar-refractivity contribution < 1.29 is 14.1 Å². The third-order valence-electron chi connectivity index (χ3n) is 4.51. The summed E-state index contributed by atoms with van der Waals surface area (Å²) in [5.41, 5.74) is 0.417. The van der Waals surface area contributed by atoms with Crippen molar-refractivity contribution >= 4 is 40.5 Å². The molecule has 9 nitrogen and oxygen atoms in total. The number of fused-ring (bicyclic) bond motifs is 2. The summed E-state index contributed by atoms with van der Waals surface area (Å²) in [5, 5.41) is 21.8. The predicted octanol–water partition coefficient (Wildman–Crippen LogP) is 2.20. The molecule has 3 heterocycles. The average Bonchev–Trinajstić information content (AvgIpc) is 3.21. The van der Waals surface area contributed by atoms with Gasteiger partial charge in [0.1, 0.15) is 16.4 Å². The van der Waals surface area contributed by atoms with Crippen LogP contribution in [0.1, 0.15) is 25.5 Å². The third-order valence-corrected chi connectivity index (χ3v) is 5.46. The maximum absolute atomic E-state index is 12.9. The zero-order chi connectivity index (χ0) is 21.1. The number of nitrogens with one attached hydrogen (secondary N) is 1. The molecule has 2 aliphatic rings. The number of carbonyl (C=O) groups is 1. The fraction of sp³-hybridized carbons (Fsp3) is 0.250. The first-order valence-corrected chi connectivity index (χ1v) is 10.5. The number of hydrogen-bond acceptors (Lipinski definition) is 8. The van der Waals surface area contributed by atoms with E-state index < -0.39 is 11.1 Å². The van der Waals surface area contributed by atoms with E-state index in [4.69, 9.17) is 9.41 Å². The van der Waals surface area contributed by atoms with Crippen molar-refractivity contribution in [2.45, 2.75) is 25.9 Å². The number of nitro groups is 1. The number of hydrogen-bond donors (Lipinski definition) is 1. The lowest BCUT2D eigenvalue weighted by Gasteiger charge is -2.32. The maximum Gasteiger partial charge on any atom is 0.433 e. The molecule has 0 saturated carbocycles. The summed E-state index contributed by atoms with van der Waals surface area (Å²) in [5.74, 6) is 0.597. The number of furan rings is 1. The zero-order valence-corrected chi connectivity index (χ0v) is 17.0. The molecule has 0 spiro atoms. The smallest absolute Gasteiger partial charge is 0.401 e. The second kappa shape index (κ2) is 8.54. The molecule has 1 aromatic heterocycles. The van der Waals surface area contributed by atoms with Crippen LogP contribution in [0.25, 0.3) is 11.8 Å². The summed E-state index contributed by atoms with van der Waals surface area (Å²) in [4.78, 5) is 27.8. The van der Waals surface area contributed by atoms with Crippen LogP contribution < -0.4 is 15.9 Å². The Balaban J connectivity index is 1.71. The van der Waals surface area contributed by atoms with Crippen molar-refractivity contribution in [1.82, 2.24) is 10.3 Å². The van der Waals surface area contributed by atoms with Crippen molar-refractivity contribution in [1.29, 1.82) is 0 Å². The van der Waals surface area contributed by atoms with Crippen molar-refractivity contribution in [3.8, 4) is 0 Å². The van der Waals surface area contributed by atoms with Crippen LogP contribution in [-0.2, 0) is 4.79 Å². The van der Waals surface area contributed by atoms with E-state index in [9.17, 15) is 14.9 Å². The van der Waals surface area contributed by atoms with Gasteiger partial charge in [0.2, 0.25) is 0 Å². The fourth-order valence-electron chi connectivity index (χ4n) is 3.07. The Labute approximate surface area is 176 Å². The Hall–Kier alpha value is -3.40. The Morgan fingerprint density at radius 2 is 2.17 bits per heavy atom. The highest BCUT2D eigenvalue weighted by atomic mass is 32.2. The fourth-order valence-corrected chi connectivity index (χ4v) is 4.00. The molecule has 4 rings (SSSR count). The van der Waals surface area contributed by atoms with Crippen LogP contribution in [-0.4, -0.2) is 32.9 Å². The molecule has 0 bridgehead atoms. The van der Waals surface area contributed by atoms with Gasteiger partial charge in [-0.1, -0.05) is 43.3 Å². The lowest BCUT2D eigenvalue weighted by molar-refractivity contribution is -0.402. The van der Waals surface area contributed by atoms with E-state index in [0.717, 1.165) is 18.6 Å². The van der Waals surface area contributed by atoms with Crippen molar-refractivity contribution in [2.75, 3.05) is 5.75 Å². The van der Waals surface area contributed by atoms with Crippen LogP contribution in [0.15, 0.2) is 57.0 Å². The number of thioether (sulfide) groups is 1. The molecule has 1 amide bonds. The number of hydrazone groups is 1. The molecule has 154 valence electrons. The highest BCUT2D eigenvalue weighted by Gasteiger charge is 2.32. The molecule has 0 aliphatic carbocycles. The molecule has 1 atom stereocenters. The molecule has 1 aromatic carbocycles. The number of benzene rings is 1. The van der Waals surface area contributed by atoms with E-state index in [0.29, 0.717) is 27.2 Å². The Morgan fingerprint density at radius 1 is 1.33 bits per heavy atom. The quantitative estimate of drug-likeness (QED) is 0.431. The summed E-state index contributed by atoms with van der Waals surface area (Å²) in [7, 11) is 0. The monoisotopic (exact) mass is 425 g/mol. The second-order valence-corrected chi connectivity index (χ2v) is 7.69. The summed E-state index contributed by atoms with van der Waals surface area (Å²) in [6.07, 6.45) is 4.78. The normalized spacial score (nSPS) is 17.8. The SMILES string of the molecule is CCCCSC1=NN2C(=c3ccccc3=N[C@H]2/C=C/c2ccc([N+](=O)[O-])o2)C(=O)N1. The number of unbranched alkanes of at least 4 members (excludes halogenated alkanes) is 1. The van der Waals surface area contributed by atoms with E-state index in [1.165, 1.54) is 23.9 Å². The Morgan fingerprint density at radius 3 is 2.93 bits per heavy atom. The molecule has 2 aromatic rings. The predicted molar refractivity (Wildman–Crippen MR) is 114 cm³/mol. The minimum absolute atomic E-state index is 0.238. The summed E-state index contributed by atoms with van der Waals surface area (Å²) >= 11 is 1.49. The highest BCUT2D eigenvalue weighted by Crippen LogP contribution is 2.23. The summed E-state index contributed by atoms with van der Waals surface area (Å²) < 4.78 is 5.18. The van der Waals surface area contributed by atoms with E-state index in [1.54, 1.807) is 17.2 Å². The number of rotatable bonds is 6. The minimum Gasteiger partial charge on any atom is -0.401 e. The first-order chi connectivity index (χ1) is 14.6. The molecule has 2 aliphatic heterocycles. The summed E-state index contributed by atoms with van der Waals surface area (Å²) in [6, 6.07) is 10.2. The van der Waals surface area contributed by atoms with Gasteiger partial charge in [-0.05, 0) is 30.7 Å². The van der Waals surface area contributed by atoms with Gasteiger partial charge in [-0.15, -0.1) is 5.10 Å². The lowest BCUT2D eigenvalue weighted by atomic mass is 10.1. The molecular formula is C20H19N5O4S. The number of para-hydroxylation sites is 1. The Kier molecular flexibility index (Phi) is 5.66. The van der Waals surface area contributed by atoms with Crippen molar-refractivity contribution in [3.05, 3.63) is 68.9 Å². The topological polar surface area (TPSA) is 113 Å². The van der Waals surface area contributed by atoms with Gasteiger partial charge in [0.05, 0.1) is 11.4 Å². The molecule has 0 saturated heterocycles. The van der Waals surface area contributed by atoms with Gasteiger partial charge in [-0.2, -0.15) is 0 Å². The minimum atomic E-state index is -0.594. The zero-order valence-electron chi connectivity index (χ0n) is 16.1. The van der Waals surface area contributed by atoms with E-state index in [2.05, 4.69) is 17.3 Å². The lowest BCUT2D eigenvalue weighted by Crippen LogP contribution is -2.52. The van der Waals surface area contributed by atoms with Crippen LogP contribution in [0.2, 0.25) is 0 Å².